The molecule has 0 amide bonds. The molecule has 0 aliphatic carbocycles. The number of aromatic nitrogens is 2. The van der Waals surface area contributed by atoms with Gasteiger partial charge in [0.25, 0.3) is 5.56 Å². The van der Waals surface area contributed by atoms with Gasteiger partial charge in [0.15, 0.2) is 6.23 Å². The van der Waals surface area contributed by atoms with Crippen molar-refractivity contribution in [1.82, 2.24) is 9.55 Å². The molecule has 0 radical (unpaired) electrons. The number of ether oxygens (including phenoxy) is 1. The normalized spacial score (nSPS) is 22.6. The molecule has 2 heterocycles. The Morgan fingerprint density at radius 3 is 2.59 bits per heavy atom. The fraction of sp³-hybridized carbons (Fsp3) is 0.500. The third kappa shape index (κ3) is 2.87. The van der Waals surface area contributed by atoms with E-state index in [0.717, 1.165) is 6.42 Å². The highest BCUT2D eigenvalue weighted by atomic mass is 16.5. The van der Waals surface area contributed by atoms with Gasteiger partial charge in [-0.3, -0.25) is 14.3 Å². The van der Waals surface area contributed by atoms with Crippen LogP contribution in [0.2, 0.25) is 0 Å². The van der Waals surface area contributed by atoms with Gasteiger partial charge in [0.2, 0.25) is 0 Å². The molecule has 0 saturated carbocycles. The minimum absolute atomic E-state index is 0.182. The fourth-order valence-corrected chi connectivity index (χ4v) is 1.75. The van der Waals surface area contributed by atoms with E-state index >= 15 is 0 Å². The third-order valence-electron chi connectivity index (χ3n) is 2.45. The van der Waals surface area contributed by atoms with E-state index in [2.05, 4.69) is 11.6 Å². The molecule has 1 saturated heterocycles. The first-order valence-electron chi connectivity index (χ1n) is 5.74. The zero-order chi connectivity index (χ0) is 13.0. The lowest BCUT2D eigenvalue weighted by molar-refractivity contribution is 0.0665. The van der Waals surface area contributed by atoms with Crippen molar-refractivity contribution >= 4 is 0 Å². The Morgan fingerprint density at radius 1 is 1.47 bits per heavy atom. The molecule has 0 spiro atoms. The van der Waals surface area contributed by atoms with Crippen LogP contribution in [0.15, 0.2) is 34.2 Å². The minimum Gasteiger partial charge on any atom is -0.475 e. The zero-order valence-electron chi connectivity index (χ0n) is 10.4. The van der Waals surface area contributed by atoms with E-state index in [-0.39, 0.29) is 12.1 Å². The second-order valence-corrected chi connectivity index (χ2v) is 3.75. The van der Waals surface area contributed by atoms with Crippen LogP contribution < -0.4 is 11.2 Å². The van der Waals surface area contributed by atoms with Crippen molar-refractivity contribution in [2.75, 3.05) is 0 Å². The standard InChI is InChI=1S/C10H12N2O3.C2H6/c1-6-5-7(2)15-9(6)12-4-3-8(13)11-10(12)14;1-2/h3-4,6,9H,2,5H2,1H3,(H,11,13,14);1-2H3/t6-,9?;/m0./s1. The van der Waals surface area contributed by atoms with Gasteiger partial charge in [-0.15, -0.1) is 0 Å². The Balaban J connectivity index is 0.000000686. The Kier molecular flexibility index (Phi) is 4.31. The lowest BCUT2D eigenvalue weighted by Crippen LogP contribution is -2.32. The Labute approximate surface area is 99.7 Å². The Hall–Kier alpha value is -1.78. The van der Waals surface area contributed by atoms with Gasteiger partial charge in [-0.1, -0.05) is 27.4 Å². The fourth-order valence-electron chi connectivity index (χ4n) is 1.75. The summed E-state index contributed by atoms with van der Waals surface area (Å²) in [5.74, 6) is 0.853. The molecule has 94 valence electrons. The van der Waals surface area contributed by atoms with Crippen LogP contribution in [-0.2, 0) is 4.74 Å². The molecule has 1 unspecified atom stereocenters. The van der Waals surface area contributed by atoms with Crippen LogP contribution in [0.5, 0.6) is 0 Å². The molecule has 5 nitrogen and oxygen atoms in total. The first-order valence-corrected chi connectivity index (χ1v) is 5.74. The van der Waals surface area contributed by atoms with Crippen LogP contribution in [0.25, 0.3) is 0 Å². The predicted molar refractivity (Wildman–Crippen MR) is 65.7 cm³/mol. The molecule has 1 N–H and O–H groups in total. The largest absolute Gasteiger partial charge is 0.475 e. The first kappa shape index (κ1) is 13.3. The van der Waals surface area contributed by atoms with Gasteiger partial charge in [0.1, 0.15) is 0 Å². The summed E-state index contributed by atoms with van der Waals surface area (Å²) in [6.45, 7) is 9.69. The van der Waals surface area contributed by atoms with Crippen molar-refractivity contribution in [2.24, 2.45) is 5.92 Å². The van der Waals surface area contributed by atoms with Crippen molar-refractivity contribution < 1.29 is 4.74 Å². The molecule has 5 heteroatoms. The Bertz CT molecular complexity index is 501. The summed E-state index contributed by atoms with van der Waals surface area (Å²) in [5, 5.41) is 0. The topological polar surface area (TPSA) is 64.1 Å². The van der Waals surface area contributed by atoms with E-state index in [9.17, 15) is 9.59 Å². The van der Waals surface area contributed by atoms with E-state index in [1.807, 2.05) is 20.8 Å². The first-order chi connectivity index (χ1) is 8.08. The molecule has 2 rings (SSSR count). The molecule has 1 aromatic heterocycles. The predicted octanol–water partition coefficient (Wildman–Crippen LogP) is 1.63. The van der Waals surface area contributed by atoms with Crippen molar-refractivity contribution in [2.45, 2.75) is 33.4 Å². The number of aromatic amines is 1. The number of H-pyrrole nitrogens is 1. The summed E-state index contributed by atoms with van der Waals surface area (Å²) in [7, 11) is 0. The van der Waals surface area contributed by atoms with Gasteiger partial charge >= 0.3 is 5.69 Å². The highest BCUT2D eigenvalue weighted by Gasteiger charge is 2.29. The van der Waals surface area contributed by atoms with Crippen LogP contribution in [0, 0.1) is 5.92 Å². The number of allylic oxidation sites excluding steroid dienone is 1. The SMILES string of the molecule is C=C1C[C@H](C)C(n2ccc(=O)[nH]c2=O)O1.CC. The highest BCUT2D eigenvalue weighted by Crippen LogP contribution is 2.34. The third-order valence-corrected chi connectivity index (χ3v) is 2.45. The van der Waals surface area contributed by atoms with Crippen LogP contribution in [-0.4, -0.2) is 9.55 Å². The van der Waals surface area contributed by atoms with E-state index in [1.165, 1.54) is 16.8 Å². The Morgan fingerprint density at radius 2 is 2.12 bits per heavy atom. The lowest BCUT2D eigenvalue weighted by atomic mass is 10.1. The molecule has 1 aromatic rings. The van der Waals surface area contributed by atoms with Gasteiger partial charge in [0, 0.05) is 24.6 Å². The molecule has 1 fully saturated rings. The molecule has 0 bridgehead atoms. The summed E-state index contributed by atoms with van der Waals surface area (Å²) in [5.41, 5.74) is -0.852. The molecule has 1 aliphatic rings. The monoisotopic (exact) mass is 238 g/mol. The average molecular weight is 238 g/mol. The van der Waals surface area contributed by atoms with Crippen LogP contribution in [0.3, 0.4) is 0 Å². The summed E-state index contributed by atoms with van der Waals surface area (Å²) in [6, 6.07) is 1.30. The zero-order valence-corrected chi connectivity index (χ0v) is 10.4. The number of rotatable bonds is 1. The van der Waals surface area contributed by atoms with Crippen LogP contribution in [0.4, 0.5) is 0 Å². The van der Waals surface area contributed by atoms with Crippen LogP contribution >= 0.6 is 0 Å². The molecule has 0 aromatic carbocycles. The molecular formula is C12H18N2O3. The van der Waals surface area contributed by atoms with Gasteiger partial charge in [-0.05, 0) is 0 Å². The van der Waals surface area contributed by atoms with Crippen LogP contribution in [0.1, 0.15) is 33.4 Å². The number of hydrogen-bond acceptors (Lipinski definition) is 3. The van der Waals surface area contributed by atoms with Crippen molar-refractivity contribution in [1.29, 1.82) is 0 Å². The second-order valence-electron chi connectivity index (χ2n) is 3.75. The van der Waals surface area contributed by atoms with Crippen molar-refractivity contribution in [3.8, 4) is 0 Å². The average Bonchev–Trinajstić information content (AvgIpc) is 2.61. The van der Waals surface area contributed by atoms with E-state index in [0.29, 0.717) is 5.76 Å². The summed E-state index contributed by atoms with van der Waals surface area (Å²) in [6.07, 6.45) is 1.82. The highest BCUT2D eigenvalue weighted by molar-refractivity contribution is 4.96. The number of nitrogens with zero attached hydrogens (tertiary/aromatic N) is 1. The summed E-state index contributed by atoms with van der Waals surface area (Å²) in [4.78, 5) is 24.5. The van der Waals surface area contributed by atoms with Gasteiger partial charge < -0.3 is 4.74 Å². The molecule has 17 heavy (non-hydrogen) atoms. The summed E-state index contributed by atoms with van der Waals surface area (Å²) < 4.78 is 6.81. The maximum Gasteiger partial charge on any atom is 0.331 e. The summed E-state index contributed by atoms with van der Waals surface area (Å²) >= 11 is 0. The number of hydrogen-bond donors (Lipinski definition) is 1. The number of nitrogens with one attached hydrogen (secondary N) is 1. The molecule has 2 atom stereocenters. The lowest BCUT2D eigenvalue weighted by Gasteiger charge is -2.16. The molecular weight excluding hydrogens is 220 g/mol. The van der Waals surface area contributed by atoms with E-state index in [1.54, 1.807) is 0 Å². The maximum atomic E-state index is 11.5. The van der Waals surface area contributed by atoms with Gasteiger partial charge in [0.05, 0.1) is 5.76 Å². The second kappa shape index (κ2) is 5.52. The van der Waals surface area contributed by atoms with E-state index < -0.39 is 11.2 Å². The quantitative estimate of drug-likeness (QED) is 0.808. The smallest absolute Gasteiger partial charge is 0.331 e. The van der Waals surface area contributed by atoms with Gasteiger partial charge in [-0.2, -0.15) is 0 Å². The van der Waals surface area contributed by atoms with Gasteiger partial charge in [-0.25, -0.2) is 4.79 Å². The molecule has 1 aliphatic heterocycles. The van der Waals surface area contributed by atoms with Crippen molar-refractivity contribution in [3.05, 3.63) is 45.4 Å². The van der Waals surface area contributed by atoms with Crippen molar-refractivity contribution in [3.63, 3.8) is 0 Å². The minimum atomic E-state index is -0.450. The van der Waals surface area contributed by atoms with E-state index in [4.69, 9.17) is 4.74 Å². The maximum absolute atomic E-state index is 11.5.